The summed E-state index contributed by atoms with van der Waals surface area (Å²) in [5.74, 6) is 0. The average Bonchev–Trinajstić information content (AvgIpc) is 3.08. The number of hydrogen-bond acceptors (Lipinski definition) is 4. The Morgan fingerprint density at radius 3 is 2.89 bits per heavy atom. The van der Waals surface area contributed by atoms with Gasteiger partial charge in [0.15, 0.2) is 0 Å². The molecule has 1 aromatic carbocycles. The van der Waals surface area contributed by atoms with Gasteiger partial charge in [0.25, 0.3) is 0 Å². The molecule has 96 valence electrons. The van der Waals surface area contributed by atoms with E-state index in [2.05, 4.69) is 20.7 Å². The van der Waals surface area contributed by atoms with Gasteiger partial charge in [0.05, 0.1) is 30.0 Å². The predicted molar refractivity (Wildman–Crippen MR) is 71.9 cm³/mol. The number of para-hydroxylation sites is 2. The monoisotopic (exact) mass is 254 g/mol. The number of rotatable bonds is 4. The highest BCUT2D eigenvalue weighted by Gasteiger charge is 2.04. The molecular weight excluding hydrogens is 240 g/mol. The summed E-state index contributed by atoms with van der Waals surface area (Å²) in [7, 11) is 1.91. The van der Waals surface area contributed by atoms with E-state index >= 15 is 0 Å². The van der Waals surface area contributed by atoms with Crippen LogP contribution in [0.15, 0.2) is 49.1 Å². The molecule has 3 aromatic rings. The van der Waals surface area contributed by atoms with E-state index in [4.69, 9.17) is 0 Å². The molecule has 0 aliphatic heterocycles. The van der Waals surface area contributed by atoms with Crippen LogP contribution in [0.4, 0.5) is 5.69 Å². The van der Waals surface area contributed by atoms with E-state index in [1.54, 1.807) is 15.6 Å². The highest BCUT2D eigenvalue weighted by molar-refractivity contribution is 5.60. The summed E-state index contributed by atoms with van der Waals surface area (Å²) in [6, 6.07) is 7.99. The third-order valence-electron chi connectivity index (χ3n) is 2.81. The smallest absolute Gasteiger partial charge is 0.0894 e. The summed E-state index contributed by atoms with van der Waals surface area (Å²) in [6.07, 6.45) is 7.33. The van der Waals surface area contributed by atoms with Gasteiger partial charge >= 0.3 is 0 Å². The lowest BCUT2D eigenvalue weighted by Crippen LogP contribution is -2.04. The second-order valence-corrected chi connectivity index (χ2v) is 4.24. The summed E-state index contributed by atoms with van der Waals surface area (Å²) < 4.78 is 3.53. The lowest BCUT2D eigenvalue weighted by molar-refractivity contribution is 0.767. The van der Waals surface area contributed by atoms with Crippen LogP contribution in [0, 0.1) is 0 Å². The standard InChI is InChI=1S/C13H14N6/c1-18-10-11(9-16-18)8-14-12-4-2-3-5-13(12)19-7-6-15-17-19/h2-7,9-10,14H,8H2,1H3. The molecule has 0 radical (unpaired) electrons. The molecule has 6 nitrogen and oxygen atoms in total. The minimum atomic E-state index is 0.722. The Morgan fingerprint density at radius 1 is 1.26 bits per heavy atom. The Labute approximate surface area is 110 Å². The van der Waals surface area contributed by atoms with Gasteiger partial charge in [-0.25, -0.2) is 4.68 Å². The second-order valence-electron chi connectivity index (χ2n) is 4.24. The lowest BCUT2D eigenvalue weighted by Gasteiger charge is -2.10. The fourth-order valence-corrected chi connectivity index (χ4v) is 1.92. The van der Waals surface area contributed by atoms with E-state index in [0.717, 1.165) is 23.5 Å². The molecule has 0 spiro atoms. The third kappa shape index (κ3) is 2.47. The first-order valence-electron chi connectivity index (χ1n) is 6.00. The number of anilines is 1. The lowest BCUT2D eigenvalue weighted by atomic mass is 10.2. The zero-order valence-electron chi connectivity index (χ0n) is 10.6. The maximum atomic E-state index is 4.15. The Morgan fingerprint density at radius 2 is 2.16 bits per heavy atom. The SMILES string of the molecule is Cn1cc(CNc2ccccc2-n2ccnn2)cn1. The highest BCUT2D eigenvalue weighted by Crippen LogP contribution is 2.19. The van der Waals surface area contributed by atoms with Gasteiger partial charge in [0.2, 0.25) is 0 Å². The first kappa shape index (κ1) is 11.5. The number of benzene rings is 1. The van der Waals surface area contributed by atoms with Crippen molar-refractivity contribution >= 4 is 5.69 Å². The summed E-state index contributed by atoms with van der Waals surface area (Å²) in [4.78, 5) is 0. The molecule has 0 saturated carbocycles. The molecule has 0 aliphatic rings. The van der Waals surface area contributed by atoms with Gasteiger partial charge < -0.3 is 5.32 Å². The van der Waals surface area contributed by atoms with E-state index in [9.17, 15) is 0 Å². The molecule has 2 aromatic heterocycles. The molecule has 0 saturated heterocycles. The van der Waals surface area contributed by atoms with Crippen molar-refractivity contribution < 1.29 is 0 Å². The van der Waals surface area contributed by atoms with Crippen LogP contribution in [0.2, 0.25) is 0 Å². The van der Waals surface area contributed by atoms with Crippen LogP contribution in [0.25, 0.3) is 5.69 Å². The topological polar surface area (TPSA) is 60.6 Å². The number of aromatic nitrogens is 5. The fourth-order valence-electron chi connectivity index (χ4n) is 1.92. The van der Waals surface area contributed by atoms with Crippen molar-refractivity contribution in [2.45, 2.75) is 6.54 Å². The van der Waals surface area contributed by atoms with Crippen LogP contribution < -0.4 is 5.32 Å². The summed E-state index contributed by atoms with van der Waals surface area (Å²) in [5, 5.41) is 15.4. The molecule has 19 heavy (non-hydrogen) atoms. The third-order valence-corrected chi connectivity index (χ3v) is 2.81. The van der Waals surface area contributed by atoms with Gasteiger partial charge in [-0.1, -0.05) is 17.3 Å². The van der Waals surface area contributed by atoms with Crippen LogP contribution in [-0.2, 0) is 13.6 Å². The Hall–Kier alpha value is -2.63. The van der Waals surface area contributed by atoms with Crippen LogP contribution in [-0.4, -0.2) is 24.8 Å². The minimum Gasteiger partial charge on any atom is -0.379 e. The van der Waals surface area contributed by atoms with Crippen LogP contribution in [0.5, 0.6) is 0 Å². The molecule has 1 N–H and O–H groups in total. The zero-order chi connectivity index (χ0) is 13.1. The van der Waals surface area contributed by atoms with Gasteiger partial charge in [-0.2, -0.15) is 5.10 Å². The van der Waals surface area contributed by atoms with Crippen LogP contribution in [0.1, 0.15) is 5.56 Å². The number of aryl methyl sites for hydroxylation is 1. The van der Waals surface area contributed by atoms with Crippen molar-refractivity contribution in [3.63, 3.8) is 0 Å². The molecule has 6 heteroatoms. The molecule has 0 fully saturated rings. The summed E-state index contributed by atoms with van der Waals surface area (Å²) in [6.45, 7) is 0.722. The molecule has 0 amide bonds. The van der Waals surface area contributed by atoms with Gasteiger partial charge in [-0.3, -0.25) is 4.68 Å². The van der Waals surface area contributed by atoms with Crippen LogP contribution >= 0.6 is 0 Å². The van der Waals surface area contributed by atoms with Crippen molar-refractivity contribution in [3.05, 3.63) is 54.6 Å². The van der Waals surface area contributed by atoms with Crippen molar-refractivity contribution in [2.75, 3.05) is 5.32 Å². The Balaban J connectivity index is 1.81. The van der Waals surface area contributed by atoms with Gasteiger partial charge in [-0.05, 0) is 12.1 Å². The molecule has 0 aliphatic carbocycles. The molecule has 2 heterocycles. The minimum absolute atomic E-state index is 0.722. The van der Waals surface area contributed by atoms with Crippen molar-refractivity contribution in [2.24, 2.45) is 7.05 Å². The number of hydrogen-bond donors (Lipinski definition) is 1. The maximum Gasteiger partial charge on any atom is 0.0894 e. The predicted octanol–water partition coefficient (Wildman–Crippen LogP) is 1.61. The van der Waals surface area contributed by atoms with E-state index in [0.29, 0.717) is 0 Å². The molecular formula is C13H14N6. The Bertz CT molecular complexity index is 655. The molecule has 0 unspecified atom stereocenters. The van der Waals surface area contributed by atoms with E-state index < -0.39 is 0 Å². The normalized spacial score (nSPS) is 10.6. The van der Waals surface area contributed by atoms with Gasteiger partial charge in [0.1, 0.15) is 0 Å². The molecule has 0 atom stereocenters. The average molecular weight is 254 g/mol. The number of nitrogens with zero attached hydrogens (tertiary/aromatic N) is 5. The zero-order valence-corrected chi connectivity index (χ0v) is 10.6. The van der Waals surface area contributed by atoms with Gasteiger partial charge in [0, 0.05) is 25.4 Å². The fraction of sp³-hybridized carbons (Fsp3) is 0.154. The van der Waals surface area contributed by atoms with E-state index in [1.165, 1.54) is 0 Å². The molecule has 0 bridgehead atoms. The van der Waals surface area contributed by atoms with Crippen molar-refractivity contribution in [3.8, 4) is 5.69 Å². The van der Waals surface area contributed by atoms with Crippen molar-refractivity contribution in [1.82, 2.24) is 24.8 Å². The van der Waals surface area contributed by atoms with Crippen LogP contribution in [0.3, 0.4) is 0 Å². The maximum absolute atomic E-state index is 4.15. The van der Waals surface area contributed by atoms with Crippen molar-refractivity contribution in [1.29, 1.82) is 0 Å². The first-order chi connectivity index (χ1) is 9.33. The van der Waals surface area contributed by atoms with Gasteiger partial charge in [-0.15, -0.1) is 5.10 Å². The Kier molecular flexibility index (Phi) is 2.97. The first-order valence-corrected chi connectivity index (χ1v) is 6.00. The quantitative estimate of drug-likeness (QED) is 0.768. The highest BCUT2D eigenvalue weighted by atomic mass is 15.4. The largest absolute Gasteiger partial charge is 0.379 e. The number of nitrogens with one attached hydrogen (secondary N) is 1. The van der Waals surface area contributed by atoms with E-state index in [-0.39, 0.29) is 0 Å². The van der Waals surface area contributed by atoms with E-state index in [1.807, 2.05) is 49.9 Å². The second kappa shape index (κ2) is 4.93. The summed E-state index contributed by atoms with van der Waals surface area (Å²) in [5.41, 5.74) is 3.12. The summed E-state index contributed by atoms with van der Waals surface area (Å²) >= 11 is 0. The molecule has 3 rings (SSSR count).